The largest absolute Gasteiger partial charge is 0.245 e. The highest BCUT2D eigenvalue weighted by Gasteiger charge is 2.05. The van der Waals surface area contributed by atoms with Crippen LogP contribution < -0.4 is 0 Å². The van der Waals surface area contributed by atoms with Crippen LogP contribution in [-0.4, -0.2) is 4.98 Å². The third-order valence-corrected chi connectivity index (χ3v) is 4.95. The van der Waals surface area contributed by atoms with Gasteiger partial charge in [0.15, 0.2) is 0 Å². The molecule has 2 heterocycles. The molecule has 3 aromatic rings. The Morgan fingerprint density at radius 1 is 1.32 bits per heavy atom. The van der Waals surface area contributed by atoms with Crippen molar-refractivity contribution in [3.63, 3.8) is 0 Å². The fraction of sp³-hybridized carbons (Fsp3) is 0.188. The van der Waals surface area contributed by atoms with Gasteiger partial charge in [-0.25, -0.2) is 4.98 Å². The average Bonchev–Trinajstić information content (AvgIpc) is 3.04. The smallest absolute Gasteiger partial charge is 0.0817 e. The van der Waals surface area contributed by atoms with Gasteiger partial charge in [0.25, 0.3) is 0 Å². The number of nitrogens with zero attached hydrogens (tertiary/aromatic N) is 1. The predicted octanol–water partition coefficient (Wildman–Crippen LogP) is 5.62. The summed E-state index contributed by atoms with van der Waals surface area (Å²) in [6.45, 7) is 4.39. The monoisotopic (exact) mass is 285 g/mol. The SMILES string of the molecule is CC/C(=C\c1ccc2scnc2c1)c1cscc1C. The lowest BCUT2D eigenvalue weighted by atomic mass is 10.0. The predicted molar refractivity (Wildman–Crippen MR) is 86.8 cm³/mol. The molecule has 96 valence electrons. The van der Waals surface area contributed by atoms with Crippen molar-refractivity contribution in [3.8, 4) is 0 Å². The maximum absolute atomic E-state index is 4.38. The number of aromatic nitrogens is 1. The first-order valence-corrected chi connectivity index (χ1v) is 8.17. The number of thiophene rings is 1. The fourth-order valence-electron chi connectivity index (χ4n) is 2.23. The van der Waals surface area contributed by atoms with Crippen molar-refractivity contribution < 1.29 is 0 Å². The van der Waals surface area contributed by atoms with E-state index in [1.54, 1.807) is 22.7 Å². The van der Waals surface area contributed by atoms with E-state index in [4.69, 9.17) is 0 Å². The van der Waals surface area contributed by atoms with Crippen LogP contribution in [0.15, 0.2) is 34.5 Å². The van der Waals surface area contributed by atoms with Gasteiger partial charge in [0.05, 0.1) is 15.7 Å². The summed E-state index contributed by atoms with van der Waals surface area (Å²) in [6, 6.07) is 6.51. The lowest BCUT2D eigenvalue weighted by Crippen LogP contribution is -1.83. The van der Waals surface area contributed by atoms with E-state index in [0.717, 1.165) is 11.9 Å². The Balaban J connectivity index is 2.04. The van der Waals surface area contributed by atoms with E-state index in [1.807, 2.05) is 5.51 Å². The summed E-state index contributed by atoms with van der Waals surface area (Å²) >= 11 is 3.46. The van der Waals surface area contributed by atoms with Crippen molar-refractivity contribution in [3.05, 3.63) is 51.2 Å². The molecule has 1 aromatic carbocycles. The van der Waals surface area contributed by atoms with Crippen LogP contribution in [0.3, 0.4) is 0 Å². The van der Waals surface area contributed by atoms with E-state index in [1.165, 1.54) is 27.0 Å². The molecule has 0 N–H and O–H groups in total. The first kappa shape index (κ1) is 12.6. The third kappa shape index (κ3) is 2.48. The molecule has 0 saturated carbocycles. The van der Waals surface area contributed by atoms with Gasteiger partial charge in [0, 0.05) is 0 Å². The average molecular weight is 285 g/mol. The van der Waals surface area contributed by atoms with E-state index >= 15 is 0 Å². The molecule has 0 spiro atoms. The van der Waals surface area contributed by atoms with Crippen LogP contribution in [0.2, 0.25) is 0 Å². The van der Waals surface area contributed by atoms with Crippen molar-refractivity contribution in [2.75, 3.05) is 0 Å². The first-order chi connectivity index (χ1) is 9.28. The lowest BCUT2D eigenvalue weighted by molar-refractivity contribution is 1.24. The molecule has 0 atom stereocenters. The van der Waals surface area contributed by atoms with Gasteiger partial charge < -0.3 is 0 Å². The first-order valence-electron chi connectivity index (χ1n) is 6.35. The highest BCUT2D eigenvalue weighted by atomic mass is 32.1. The Labute approximate surface area is 121 Å². The van der Waals surface area contributed by atoms with Crippen molar-refractivity contribution in [2.45, 2.75) is 20.3 Å². The molecule has 0 aliphatic heterocycles. The van der Waals surface area contributed by atoms with Crippen molar-refractivity contribution in [2.24, 2.45) is 0 Å². The molecular weight excluding hydrogens is 270 g/mol. The summed E-state index contributed by atoms with van der Waals surface area (Å²) in [5.74, 6) is 0. The number of hydrogen-bond donors (Lipinski definition) is 0. The second-order valence-electron chi connectivity index (χ2n) is 4.57. The molecule has 0 radical (unpaired) electrons. The van der Waals surface area contributed by atoms with Gasteiger partial charge >= 0.3 is 0 Å². The van der Waals surface area contributed by atoms with Gasteiger partial charge in [0.2, 0.25) is 0 Å². The third-order valence-electron chi connectivity index (χ3n) is 3.28. The topological polar surface area (TPSA) is 12.9 Å². The maximum Gasteiger partial charge on any atom is 0.0817 e. The molecule has 0 unspecified atom stereocenters. The van der Waals surface area contributed by atoms with E-state index in [9.17, 15) is 0 Å². The van der Waals surface area contributed by atoms with E-state index < -0.39 is 0 Å². The standard InChI is InChI=1S/C16H15NS2/c1-3-13(14-9-18-8-11(14)2)6-12-4-5-16-15(7-12)17-10-19-16/h4-10H,3H2,1-2H3/b13-6+. The number of fused-ring (bicyclic) bond motifs is 1. The summed E-state index contributed by atoms with van der Waals surface area (Å²) in [7, 11) is 0. The molecule has 3 rings (SSSR count). The van der Waals surface area contributed by atoms with Gasteiger partial charge in [-0.1, -0.05) is 19.1 Å². The molecule has 0 saturated heterocycles. The number of thiazole rings is 1. The Kier molecular flexibility index (Phi) is 3.49. The fourth-order valence-corrected chi connectivity index (χ4v) is 3.76. The Bertz CT molecular complexity index is 734. The number of hydrogen-bond acceptors (Lipinski definition) is 3. The minimum absolute atomic E-state index is 1.05. The van der Waals surface area contributed by atoms with Gasteiger partial charge in [-0.05, 0) is 58.5 Å². The highest BCUT2D eigenvalue weighted by molar-refractivity contribution is 7.16. The Morgan fingerprint density at radius 2 is 2.21 bits per heavy atom. The van der Waals surface area contributed by atoms with Crippen LogP contribution in [0.1, 0.15) is 30.0 Å². The summed E-state index contributed by atoms with van der Waals surface area (Å²) in [4.78, 5) is 4.38. The van der Waals surface area contributed by atoms with Gasteiger partial charge in [-0.15, -0.1) is 11.3 Å². The molecule has 3 heteroatoms. The molecule has 0 amide bonds. The minimum atomic E-state index is 1.05. The summed E-state index contributed by atoms with van der Waals surface area (Å²) in [5.41, 5.74) is 8.38. The summed E-state index contributed by atoms with van der Waals surface area (Å²) < 4.78 is 1.25. The molecule has 0 bridgehead atoms. The van der Waals surface area contributed by atoms with Crippen molar-refractivity contribution in [1.29, 1.82) is 0 Å². The van der Waals surface area contributed by atoms with E-state index in [2.05, 4.69) is 53.9 Å². The molecule has 19 heavy (non-hydrogen) atoms. The van der Waals surface area contributed by atoms with Crippen LogP contribution >= 0.6 is 22.7 Å². The second kappa shape index (κ2) is 5.27. The molecule has 0 aliphatic rings. The summed E-state index contributed by atoms with van der Waals surface area (Å²) in [5, 5.41) is 4.45. The highest BCUT2D eigenvalue weighted by Crippen LogP contribution is 2.28. The molecule has 0 fully saturated rings. The quantitative estimate of drug-likeness (QED) is 0.609. The maximum atomic E-state index is 4.38. The summed E-state index contributed by atoms with van der Waals surface area (Å²) in [6.07, 6.45) is 3.33. The number of benzene rings is 1. The van der Waals surface area contributed by atoms with Crippen molar-refractivity contribution in [1.82, 2.24) is 4.98 Å². The van der Waals surface area contributed by atoms with Gasteiger partial charge in [0.1, 0.15) is 0 Å². The number of aryl methyl sites for hydroxylation is 1. The van der Waals surface area contributed by atoms with Gasteiger partial charge in [-0.2, -0.15) is 11.3 Å². The van der Waals surface area contributed by atoms with Gasteiger partial charge in [-0.3, -0.25) is 0 Å². The zero-order valence-electron chi connectivity index (χ0n) is 11.0. The second-order valence-corrected chi connectivity index (χ2v) is 6.20. The minimum Gasteiger partial charge on any atom is -0.245 e. The van der Waals surface area contributed by atoms with Crippen LogP contribution in [0.25, 0.3) is 21.9 Å². The normalized spacial score (nSPS) is 12.2. The zero-order chi connectivity index (χ0) is 13.2. The van der Waals surface area contributed by atoms with Crippen LogP contribution in [0.4, 0.5) is 0 Å². The molecular formula is C16H15NS2. The van der Waals surface area contributed by atoms with Crippen LogP contribution in [0, 0.1) is 6.92 Å². The Morgan fingerprint density at radius 3 is 2.95 bits per heavy atom. The van der Waals surface area contributed by atoms with Crippen LogP contribution in [-0.2, 0) is 0 Å². The lowest BCUT2D eigenvalue weighted by Gasteiger charge is -2.04. The molecule has 2 aromatic heterocycles. The Hall–Kier alpha value is -1.45. The molecule has 0 aliphatic carbocycles. The number of rotatable bonds is 3. The van der Waals surface area contributed by atoms with E-state index in [0.29, 0.717) is 0 Å². The molecule has 1 nitrogen and oxygen atoms in total. The zero-order valence-corrected chi connectivity index (χ0v) is 12.6. The van der Waals surface area contributed by atoms with E-state index in [-0.39, 0.29) is 0 Å². The number of allylic oxidation sites excluding steroid dienone is 1. The van der Waals surface area contributed by atoms with Crippen molar-refractivity contribution >= 4 is 44.5 Å². The van der Waals surface area contributed by atoms with Crippen LogP contribution in [0.5, 0.6) is 0 Å².